The van der Waals surface area contributed by atoms with E-state index in [9.17, 15) is 0 Å². The molecule has 0 saturated heterocycles. The van der Waals surface area contributed by atoms with Crippen LogP contribution in [0.3, 0.4) is 0 Å². The summed E-state index contributed by atoms with van der Waals surface area (Å²) in [6.45, 7) is 1.89. The molecule has 1 aromatic heterocycles. The molecule has 4 aromatic rings. The Bertz CT molecular complexity index is 1170. The van der Waals surface area contributed by atoms with Crippen LogP contribution in [0.25, 0.3) is 22.0 Å². The first-order valence-electron chi connectivity index (χ1n) is 9.89. The molecule has 0 saturated carbocycles. The maximum absolute atomic E-state index is 5.92. The van der Waals surface area contributed by atoms with Crippen LogP contribution in [0.5, 0.6) is 5.75 Å². The molecule has 4 nitrogen and oxygen atoms in total. The van der Waals surface area contributed by atoms with Gasteiger partial charge in [0, 0.05) is 41.7 Å². The summed E-state index contributed by atoms with van der Waals surface area (Å²) in [7, 11) is 3.95. The summed E-state index contributed by atoms with van der Waals surface area (Å²) >= 11 is 0. The molecule has 2 heterocycles. The van der Waals surface area contributed by atoms with Crippen molar-refractivity contribution in [1.82, 2.24) is 15.1 Å². The molecule has 0 radical (unpaired) electrons. The fraction of sp³-hybridized carbons (Fsp3) is 0.200. The Morgan fingerprint density at radius 1 is 0.966 bits per heavy atom. The minimum atomic E-state index is 0.263. The summed E-state index contributed by atoms with van der Waals surface area (Å²) in [5.41, 5.74) is 5.96. The third-order valence-corrected chi connectivity index (χ3v) is 5.81. The van der Waals surface area contributed by atoms with Crippen LogP contribution >= 0.6 is 0 Å². The summed E-state index contributed by atoms with van der Waals surface area (Å²) in [5, 5.41) is 10.7. The van der Waals surface area contributed by atoms with Gasteiger partial charge < -0.3 is 9.64 Å². The molecular formula is C25H23N3O. The van der Waals surface area contributed by atoms with E-state index >= 15 is 0 Å². The van der Waals surface area contributed by atoms with E-state index < -0.39 is 0 Å². The van der Waals surface area contributed by atoms with Gasteiger partial charge in [0.05, 0.1) is 12.8 Å². The van der Waals surface area contributed by atoms with Crippen LogP contribution < -0.4 is 4.74 Å². The normalized spacial score (nSPS) is 16.6. The SMILES string of the molecule is COc1c(C2CN(C)Cc3cc(-c4cccnn4)ccc32)ccc2ccccc12. The number of likely N-dealkylation sites (N-methyl/N-ethyl adjacent to an activating group) is 1. The maximum atomic E-state index is 5.92. The van der Waals surface area contributed by atoms with Gasteiger partial charge in [0.2, 0.25) is 0 Å². The molecule has 1 unspecified atom stereocenters. The fourth-order valence-corrected chi connectivity index (χ4v) is 4.49. The molecule has 1 aliphatic rings. The second kappa shape index (κ2) is 7.30. The number of fused-ring (bicyclic) bond motifs is 2. The van der Waals surface area contributed by atoms with E-state index in [0.29, 0.717) is 0 Å². The quantitative estimate of drug-likeness (QED) is 0.507. The largest absolute Gasteiger partial charge is 0.496 e. The molecule has 0 aliphatic carbocycles. The molecule has 0 amide bonds. The molecule has 0 spiro atoms. The van der Waals surface area contributed by atoms with Crippen LogP contribution in [0.2, 0.25) is 0 Å². The molecule has 0 fully saturated rings. The van der Waals surface area contributed by atoms with Gasteiger partial charge in [-0.3, -0.25) is 0 Å². The standard InChI is InChI=1S/C25H23N3O/c1-28-15-19-14-18(24-8-5-13-26-27-24)10-11-20(19)23(16-28)22-12-9-17-6-3-4-7-21(17)25(22)29-2/h3-14,23H,15-16H2,1-2H3. The lowest BCUT2D eigenvalue weighted by molar-refractivity contribution is 0.292. The van der Waals surface area contributed by atoms with Crippen LogP contribution in [-0.2, 0) is 6.54 Å². The summed E-state index contributed by atoms with van der Waals surface area (Å²) in [4.78, 5) is 2.38. The number of methoxy groups -OCH3 is 1. The Morgan fingerprint density at radius 2 is 1.83 bits per heavy atom. The summed E-state index contributed by atoms with van der Waals surface area (Å²) in [6.07, 6.45) is 1.71. The predicted molar refractivity (Wildman–Crippen MR) is 116 cm³/mol. The summed E-state index contributed by atoms with van der Waals surface area (Å²) in [6, 6.07) is 23.5. The average Bonchev–Trinajstić information content (AvgIpc) is 2.78. The lowest BCUT2D eigenvalue weighted by Crippen LogP contribution is -2.31. The van der Waals surface area contributed by atoms with Gasteiger partial charge in [0.15, 0.2) is 0 Å². The van der Waals surface area contributed by atoms with E-state index in [1.807, 2.05) is 12.1 Å². The first-order valence-corrected chi connectivity index (χ1v) is 9.89. The number of nitrogens with zero attached hydrogens (tertiary/aromatic N) is 3. The van der Waals surface area contributed by atoms with Gasteiger partial charge in [-0.05, 0) is 41.8 Å². The summed E-state index contributed by atoms with van der Waals surface area (Å²) in [5.74, 6) is 1.24. The fourth-order valence-electron chi connectivity index (χ4n) is 4.49. The highest BCUT2D eigenvalue weighted by molar-refractivity contribution is 5.90. The first-order chi connectivity index (χ1) is 14.2. The zero-order valence-electron chi connectivity index (χ0n) is 16.7. The van der Waals surface area contributed by atoms with E-state index in [0.717, 1.165) is 30.1 Å². The van der Waals surface area contributed by atoms with Gasteiger partial charge in [-0.15, -0.1) is 0 Å². The second-order valence-corrected chi connectivity index (χ2v) is 7.68. The van der Waals surface area contributed by atoms with Crippen LogP contribution in [-0.4, -0.2) is 35.8 Å². The van der Waals surface area contributed by atoms with Crippen molar-refractivity contribution in [2.24, 2.45) is 0 Å². The maximum Gasteiger partial charge on any atom is 0.130 e. The number of benzene rings is 3. The van der Waals surface area contributed by atoms with E-state index in [1.54, 1.807) is 13.3 Å². The van der Waals surface area contributed by atoms with Crippen LogP contribution in [0.15, 0.2) is 72.9 Å². The van der Waals surface area contributed by atoms with Crippen molar-refractivity contribution < 1.29 is 4.74 Å². The number of rotatable bonds is 3. The molecule has 3 aromatic carbocycles. The van der Waals surface area contributed by atoms with Gasteiger partial charge >= 0.3 is 0 Å². The van der Waals surface area contributed by atoms with E-state index in [2.05, 4.69) is 76.7 Å². The monoisotopic (exact) mass is 381 g/mol. The van der Waals surface area contributed by atoms with Crippen molar-refractivity contribution in [1.29, 1.82) is 0 Å². The minimum Gasteiger partial charge on any atom is -0.496 e. The van der Waals surface area contributed by atoms with Crippen molar-refractivity contribution >= 4 is 10.8 Å². The molecule has 5 rings (SSSR count). The Labute approximate surface area is 170 Å². The molecule has 4 heteroatoms. The van der Waals surface area contributed by atoms with Crippen LogP contribution in [0.4, 0.5) is 0 Å². The molecule has 0 N–H and O–H groups in total. The first kappa shape index (κ1) is 17.8. The molecule has 144 valence electrons. The third kappa shape index (κ3) is 3.15. The molecule has 1 aliphatic heterocycles. The number of hydrogen-bond acceptors (Lipinski definition) is 4. The van der Waals surface area contributed by atoms with Crippen LogP contribution in [0, 0.1) is 0 Å². The molecule has 0 bridgehead atoms. The number of ether oxygens (including phenoxy) is 1. The average molecular weight is 381 g/mol. The topological polar surface area (TPSA) is 38.2 Å². The Hall–Kier alpha value is -3.24. The number of hydrogen-bond donors (Lipinski definition) is 0. The highest BCUT2D eigenvalue weighted by Crippen LogP contribution is 2.41. The highest BCUT2D eigenvalue weighted by atomic mass is 16.5. The van der Waals surface area contributed by atoms with E-state index in [-0.39, 0.29) is 5.92 Å². The highest BCUT2D eigenvalue weighted by Gasteiger charge is 2.28. The van der Waals surface area contributed by atoms with Gasteiger partial charge in [-0.1, -0.05) is 48.5 Å². The van der Waals surface area contributed by atoms with Crippen LogP contribution in [0.1, 0.15) is 22.6 Å². The Kier molecular flexibility index (Phi) is 4.49. The zero-order valence-corrected chi connectivity index (χ0v) is 16.7. The third-order valence-electron chi connectivity index (χ3n) is 5.81. The van der Waals surface area contributed by atoms with E-state index in [1.165, 1.54) is 27.5 Å². The van der Waals surface area contributed by atoms with Gasteiger partial charge in [0.25, 0.3) is 0 Å². The van der Waals surface area contributed by atoms with Crippen molar-refractivity contribution in [3.05, 3.63) is 89.6 Å². The van der Waals surface area contributed by atoms with E-state index in [4.69, 9.17) is 4.74 Å². The van der Waals surface area contributed by atoms with Crippen molar-refractivity contribution in [3.8, 4) is 17.0 Å². The zero-order chi connectivity index (χ0) is 19.8. The predicted octanol–water partition coefficient (Wildman–Crippen LogP) is 4.88. The van der Waals surface area contributed by atoms with Gasteiger partial charge in [0.1, 0.15) is 5.75 Å². The van der Waals surface area contributed by atoms with Gasteiger partial charge in [-0.25, -0.2) is 0 Å². The molecule has 1 atom stereocenters. The lowest BCUT2D eigenvalue weighted by atomic mass is 9.82. The van der Waals surface area contributed by atoms with Crippen molar-refractivity contribution in [2.75, 3.05) is 20.7 Å². The van der Waals surface area contributed by atoms with Crippen molar-refractivity contribution in [2.45, 2.75) is 12.5 Å². The molecule has 29 heavy (non-hydrogen) atoms. The van der Waals surface area contributed by atoms with Gasteiger partial charge in [-0.2, -0.15) is 10.2 Å². The minimum absolute atomic E-state index is 0.263. The lowest BCUT2D eigenvalue weighted by Gasteiger charge is -2.33. The second-order valence-electron chi connectivity index (χ2n) is 7.68. The smallest absolute Gasteiger partial charge is 0.130 e. The summed E-state index contributed by atoms with van der Waals surface area (Å²) < 4.78 is 5.92. The Balaban J connectivity index is 1.64. The van der Waals surface area contributed by atoms with Crippen molar-refractivity contribution in [3.63, 3.8) is 0 Å². The number of aromatic nitrogens is 2. The Morgan fingerprint density at radius 3 is 2.66 bits per heavy atom. The molecular weight excluding hydrogens is 358 g/mol.